The zero-order valence-electron chi connectivity index (χ0n) is 14.2. The number of urea groups is 1. The zero-order chi connectivity index (χ0) is 16.7. The second kappa shape index (κ2) is 5.61. The van der Waals surface area contributed by atoms with E-state index >= 15 is 0 Å². The van der Waals surface area contributed by atoms with Crippen LogP contribution in [0.15, 0.2) is 30.6 Å². The number of nitrogens with zero attached hydrogens (tertiary/aromatic N) is 4. The number of fused-ring (bicyclic) bond motifs is 2. The molecule has 0 saturated heterocycles. The molecule has 6 nitrogen and oxygen atoms in total. The molecule has 4 rings (SSSR count). The van der Waals surface area contributed by atoms with Crippen molar-refractivity contribution in [2.24, 2.45) is 7.05 Å². The largest absolute Gasteiger partial charge is 0.328 e. The molecular formula is C18H23N5O. The van der Waals surface area contributed by atoms with Crippen molar-refractivity contribution in [1.29, 1.82) is 0 Å². The van der Waals surface area contributed by atoms with Gasteiger partial charge in [-0.25, -0.2) is 4.79 Å². The lowest BCUT2D eigenvalue weighted by Gasteiger charge is -2.25. The van der Waals surface area contributed by atoms with E-state index in [0.29, 0.717) is 0 Å². The van der Waals surface area contributed by atoms with Crippen LogP contribution in [-0.2, 0) is 12.5 Å². The lowest BCUT2D eigenvalue weighted by molar-refractivity contribution is 0.242. The minimum absolute atomic E-state index is 0.0540. The second-order valence-electron chi connectivity index (χ2n) is 7.06. The van der Waals surface area contributed by atoms with E-state index in [-0.39, 0.29) is 17.5 Å². The molecule has 2 aromatic rings. The molecule has 0 bridgehead atoms. The van der Waals surface area contributed by atoms with Crippen LogP contribution in [0, 0.1) is 0 Å². The topological polar surface area (TPSA) is 63.1 Å². The number of benzene rings is 1. The van der Waals surface area contributed by atoms with Crippen LogP contribution in [0.25, 0.3) is 0 Å². The van der Waals surface area contributed by atoms with Gasteiger partial charge in [-0.05, 0) is 31.4 Å². The molecule has 126 valence electrons. The van der Waals surface area contributed by atoms with Crippen molar-refractivity contribution in [3.63, 3.8) is 0 Å². The maximum absolute atomic E-state index is 12.9. The lowest BCUT2D eigenvalue weighted by atomic mass is 9.81. The van der Waals surface area contributed by atoms with Gasteiger partial charge in [-0.2, -0.15) is 0 Å². The number of carbonyl (C=O) groups excluding carboxylic acids is 1. The third-order valence-corrected chi connectivity index (χ3v) is 5.51. The fourth-order valence-electron chi connectivity index (χ4n) is 4.30. The summed E-state index contributed by atoms with van der Waals surface area (Å²) >= 11 is 0. The third-order valence-electron chi connectivity index (χ3n) is 5.51. The Morgan fingerprint density at radius 3 is 2.75 bits per heavy atom. The Balaban J connectivity index is 1.58. The van der Waals surface area contributed by atoms with Crippen LogP contribution in [0.1, 0.15) is 50.0 Å². The van der Waals surface area contributed by atoms with E-state index in [9.17, 15) is 4.79 Å². The van der Waals surface area contributed by atoms with Crippen molar-refractivity contribution in [2.45, 2.75) is 44.1 Å². The van der Waals surface area contributed by atoms with E-state index in [1.54, 1.807) is 6.33 Å². The fourth-order valence-corrected chi connectivity index (χ4v) is 4.30. The van der Waals surface area contributed by atoms with Crippen molar-refractivity contribution in [3.8, 4) is 0 Å². The summed E-state index contributed by atoms with van der Waals surface area (Å²) < 4.78 is 1.83. The van der Waals surface area contributed by atoms with Gasteiger partial charge in [-0.1, -0.05) is 31.0 Å². The number of carbonyl (C=O) groups is 1. The zero-order valence-corrected chi connectivity index (χ0v) is 14.2. The Morgan fingerprint density at radius 2 is 2.04 bits per heavy atom. The van der Waals surface area contributed by atoms with Crippen LogP contribution in [0.3, 0.4) is 0 Å². The minimum Gasteiger partial charge on any atom is -0.328 e. The van der Waals surface area contributed by atoms with Crippen LogP contribution >= 0.6 is 0 Å². The van der Waals surface area contributed by atoms with Gasteiger partial charge in [0.1, 0.15) is 6.33 Å². The maximum Gasteiger partial charge on any atom is 0.322 e. The smallest absolute Gasteiger partial charge is 0.322 e. The first-order valence-corrected chi connectivity index (χ1v) is 8.62. The summed E-state index contributed by atoms with van der Waals surface area (Å²) in [6.07, 6.45) is 6.49. The van der Waals surface area contributed by atoms with E-state index in [1.165, 1.54) is 31.2 Å². The number of hydrogen-bond acceptors (Lipinski definition) is 3. The van der Waals surface area contributed by atoms with Gasteiger partial charge in [-0.15, -0.1) is 10.2 Å². The normalized spacial score (nSPS) is 19.5. The molecule has 1 fully saturated rings. The first kappa shape index (κ1) is 15.2. The quantitative estimate of drug-likeness (QED) is 0.923. The van der Waals surface area contributed by atoms with E-state index in [1.807, 2.05) is 29.5 Å². The van der Waals surface area contributed by atoms with Gasteiger partial charge in [0.05, 0.1) is 6.04 Å². The van der Waals surface area contributed by atoms with Crippen LogP contribution in [0.5, 0.6) is 0 Å². The van der Waals surface area contributed by atoms with Crippen LogP contribution in [-0.4, -0.2) is 27.3 Å². The van der Waals surface area contributed by atoms with Crippen molar-refractivity contribution in [1.82, 2.24) is 20.1 Å². The van der Waals surface area contributed by atoms with Gasteiger partial charge in [0.2, 0.25) is 0 Å². The SMILES string of the molecule is C[C@H](NC(=O)N1CC2(CCCC2)c2ccccc21)c1nncn1C. The van der Waals surface area contributed by atoms with Crippen molar-refractivity contribution in [2.75, 3.05) is 11.4 Å². The number of amides is 2. The first-order valence-electron chi connectivity index (χ1n) is 8.62. The summed E-state index contributed by atoms with van der Waals surface area (Å²) in [6, 6.07) is 8.12. The summed E-state index contributed by atoms with van der Waals surface area (Å²) in [6.45, 7) is 2.72. The highest BCUT2D eigenvalue weighted by Gasteiger charge is 2.46. The van der Waals surface area contributed by atoms with Crippen LogP contribution < -0.4 is 10.2 Å². The molecular weight excluding hydrogens is 302 g/mol. The Kier molecular flexibility index (Phi) is 3.55. The van der Waals surface area contributed by atoms with E-state index in [2.05, 4.69) is 33.7 Å². The number of para-hydroxylation sites is 1. The van der Waals surface area contributed by atoms with Gasteiger partial charge in [-0.3, -0.25) is 4.90 Å². The molecule has 2 heterocycles. The van der Waals surface area contributed by atoms with Crippen molar-refractivity contribution >= 4 is 11.7 Å². The number of aryl methyl sites for hydroxylation is 1. The molecule has 1 aliphatic carbocycles. The molecule has 1 saturated carbocycles. The molecule has 1 atom stereocenters. The number of rotatable bonds is 2. The monoisotopic (exact) mass is 325 g/mol. The van der Waals surface area contributed by atoms with Crippen LogP contribution in [0.2, 0.25) is 0 Å². The Hall–Kier alpha value is -2.37. The summed E-state index contributed by atoms with van der Waals surface area (Å²) in [5, 5.41) is 11.1. The first-order chi connectivity index (χ1) is 11.6. The highest BCUT2D eigenvalue weighted by Crippen LogP contribution is 2.50. The molecule has 0 unspecified atom stereocenters. The molecule has 24 heavy (non-hydrogen) atoms. The summed E-state index contributed by atoms with van der Waals surface area (Å²) in [7, 11) is 1.89. The number of anilines is 1. The van der Waals surface area contributed by atoms with Crippen molar-refractivity contribution < 1.29 is 4.79 Å². The molecule has 1 aromatic carbocycles. The summed E-state index contributed by atoms with van der Waals surface area (Å²) in [4.78, 5) is 14.8. The summed E-state index contributed by atoms with van der Waals surface area (Å²) in [5.74, 6) is 0.756. The number of nitrogens with one attached hydrogen (secondary N) is 1. The highest BCUT2D eigenvalue weighted by molar-refractivity contribution is 5.95. The van der Waals surface area contributed by atoms with Gasteiger partial charge in [0.15, 0.2) is 5.82 Å². The standard InChI is InChI=1S/C18H23N5O/c1-13(16-21-19-12-22(16)2)20-17(24)23-11-18(9-5-6-10-18)14-7-3-4-8-15(14)23/h3-4,7-8,12-13H,5-6,9-11H2,1-2H3,(H,20,24)/t13-/m0/s1. The average Bonchev–Trinajstić information content (AvgIpc) is 3.29. The lowest BCUT2D eigenvalue weighted by Crippen LogP contribution is -2.43. The molecule has 1 aromatic heterocycles. The Morgan fingerprint density at radius 1 is 1.29 bits per heavy atom. The van der Waals surface area contributed by atoms with Crippen LogP contribution in [0.4, 0.5) is 10.5 Å². The predicted octanol–water partition coefficient (Wildman–Crippen LogP) is 2.92. The highest BCUT2D eigenvalue weighted by atomic mass is 16.2. The van der Waals surface area contributed by atoms with Gasteiger partial charge in [0, 0.05) is 24.7 Å². The molecule has 1 N–H and O–H groups in total. The Labute approximate surface area is 141 Å². The molecule has 0 radical (unpaired) electrons. The molecule has 6 heteroatoms. The van der Waals surface area contributed by atoms with Crippen molar-refractivity contribution in [3.05, 3.63) is 42.0 Å². The molecule has 2 amide bonds. The number of hydrogen-bond donors (Lipinski definition) is 1. The Bertz CT molecular complexity index is 762. The van der Waals surface area contributed by atoms with E-state index in [0.717, 1.165) is 18.1 Å². The molecule has 1 aliphatic heterocycles. The summed E-state index contributed by atoms with van der Waals surface area (Å²) in [5.41, 5.74) is 2.55. The van der Waals surface area contributed by atoms with Gasteiger partial charge in [0.25, 0.3) is 0 Å². The average molecular weight is 325 g/mol. The maximum atomic E-state index is 12.9. The molecule has 1 spiro atoms. The van der Waals surface area contributed by atoms with Gasteiger partial charge < -0.3 is 9.88 Å². The van der Waals surface area contributed by atoms with E-state index < -0.39 is 0 Å². The molecule has 2 aliphatic rings. The minimum atomic E-state index is -0.183. The fraction of sp³-hybridized carbons (Fsp3) is 0.500. The predicted molar refractivity (Wildman–Crippen MR) is 91.9 cm³/mol. The second-order valence-corrected chi connectivity index (χ2v) is 7.06. The third kappa shape index (κ3) is 2.28. The van der Waals surface area contributed by atoms with E-state index in [4.69, 9.17) is 0 Å². The number of aromatic nitrogens is 3. The van der Waals surface area contributed by atoms with Gasteiger partial charge >= 0.3 is 6.03 Å².